The summed E-state index contributed by atoms with van der Waals surface area (Å²) >= 11 is 0. The Bertz CT molecular complexity index is 451. The monoisotopic (exact) mass is 252 g/mol. The summed E-state index contributed by atoms with van der Waals surface area (Å²) in [5, 5.41) is 20.7. The van der Waals surface area contributed by atoms with E-state index < -0.39 is 12.5 Å². The molecule has 0 saturated heterocycles. The minimum absolute atomic E-state index is 0.0172. The van der Waals surface area contributed by atoms with Crippen LogP contribution in [0.5, 0.6) is 0 Å². The van der Waals surface area contributed by atoms with Crippen molar-refractivity contribution in [1.29, 1.82) is 0 Å². The van der Waals surface area contributed by atoms with Gasteiger partial charge in [-0.25, -0.2) is 0 Å². The second-order valence-corrected chi connectivity index (χ2v) is 4.48. The minimum Gasteiger partial charge on any atom is -0.387 e. The molecule has 0 aliphatic heterocycles. The highest BCUT2D eigenvalue weighted by Crippen LogP contribution is 2.36. The van der Waals surface area contributed by atoms with Crippen LogP contribution in [0.1, 0.15) is 31.4 Å². The molecule has 1 fully saturated rings. The van der Waals surface area contributed by atoms with Gasteiger partial charge in [0, 0.05) is 24.9 Å². The number of hydrogen-bond donors (Lipinski definition) is 4. The smallest absolute Gasteiger partial charge is 0.251 e. The number of H-pyrrole nitrogens is 1. The van der Waals surface area contributed by atoms with Gasteiger partial charge in [0.15, 0.2) is 0 Å². The number of carbonyl (C=O) groups is 2. The maximum absolute atomic E-state index is 11.0. The maximum Gasteiger partial charge on any atom is 0.251 e. The molecule has 7 heteroatoms. The molecule has 0 aromatic carbocycles. The number of anilines is 1. The average Bonchev–Trinajstić information content (AvgIpc) is 2.70. The fourth-order valence-corrected chi connectivity index (χ4v) is 2.06. The third-order valence-electron chi connectivity index (χ3n) is 2.98. The van der Waals surface area contributed by atoms with Crippen molar-refractivity contribution in [2.45, 2.75) is 31.7 Å². The largest absolute Gasteiger partial charge is 0.387 e. The number of aromatic nitrogens is 2. The first-order valence-electron chi connectivity index (χ1n) is 5.81. The Morgan fingerprint density at radius 1 is 1.56 bits per heavy atom. The lowest BCUT2D eigenvalue weighted by Crippen LogP contribution is -2.42. The number of nitrogens with zero attached hydrogens (tertiary/aromatic N) is 1. The third-order valence-corrected chi connectivity index (χ3v) is 2.98. The predicted molar refractivity (Wildman–Crippen MR) is 63.9 cm³/mol. The lowest BCUT2D eigenvalue weighted by molar-refractivity contribution is -0.120. The molecule has 1 aromatic rings. The summed E-state index contributed by atoms with van der Waals surface area (Å²) in [7, 11) is 0. The van der Waals surface area contributed by atoms with Crippen LogP contribution in [0.25, 0.3) is 0 Å². The molecule has 0 atom stereocenters. The maximum atomic E-state index is 11.0. The van der Waals surface area contributed by atoms with Gasteiger partial charge in [0.05, 0.1) is 5.69 Å². The van der Waals surface area contributed by atoms with Gasteiger partial charge in [-0.15, -0.1) is 0 Å². The molecule has 1 heterocycles. The van der Waals surface area contributed by atoms with Gasteiger partial charge in [0.2, 0.25) is 5.91 Å². The van der Waals surface area contributed by atoms with Crippen molar-refractivity contribution in [3.05, 3.63) is 11.8 Å². The first-order valence-corrected chi connectivity index (χ1v) is 5.81. The number of aliphatic hydroxyl groups is 1. The summed E-state index contributed by atoms with van der Waals surface area (Å²) in [5.74, 6) is 0.288. The molecule has 0 unspecified atom stereocenters. The number of nitrogens with one attached hydrogen (secondary N) is 3. The second kappa shape index (κ2) is 5.18. The van der Waals surface area contributed by atoms with Gasteiger partial charge in [-0.1, -0.05) is 0 Å². The van der Waals surface area contributed by atoms with Crippen LogP contribution in [-0.2, 0) is 9.59 Å². The molecular formula is C11H16N4O3. The van der Waals surface area contributed by atoms with Crippen molar-refractivity contribution in [2.75, 3.05) is 11.9 Å². The average molecular weight is 252 g/mol. The lowest BCUT2D eigenvalue weighted by Gasteiger charge is -2.34. The summed E-state index contributed by atoms with van der Waals surface area (Å²) in [6, 6.07) is 1.97. The molecule has 0 spiro atoms. The highest BCUT2D eigenvalue weighted by atomic mass is 16.3. The lowest BCUT2D eigenvalue weighted by atomic mass is 9.78. The van der Waals surface area contributed by atoms with Gasteiger partial charge in [-0.3, -0.25) is 14.7 Å². The highest BCUT2D eigenvalue weighted by Gasteiger charge is 2.32. The van der Waals surface area contributed by atoms with E-state index in [1.807, 2.05) is 0 Å². The van der Waals surface area contributed by atoms with Gasteiger partial charge in [0.25, 0.3) is 5.91 Å². The van der Waals surface area contributed by atoms with Gasteiger partial charge >= 0.3 is 0 Å². The topological polar surface area (TPSA) is 107 Å². The quantitative estimate of drug-likeness (QED) is 0.591. The standard InChI is InChI=1S/C11H16N4O3/c1-6(17)12-8-2-7(3-8)9-4-10(15-14-9)13-11(18)5-16/h4,7-8,16H,2-3,5H2,1H3,(H,12,17)(H2,13,14,15,18). The normalized spacial score (nSPS) is 22.1. The van der Waals surface area contributed by atoms with Crippen LogP contribution in [-0.4, -0.2) is 39.8 Å². The Morgan fingerprint density at radius 3 is 2.89 bits per heavy atom. The minimum atomic E-state index is -0.553. The Labute approximate surface area is 104 Å². The summed E-state index contributed by atoms with van der Waals surface area (Å²) < 4.78 is 0. The molecule has 1 aromatic heterocycles. The summed E-state index contributed by atoms with van der Waals surface area (Å²) in [6.07, 6.45) is 1.72. The molecule has 2 amide bonds. The van der Waals surface area contributed by atoms with Crippen LogP contribution < -0.4 is 10.6 Å². The SMILES string of the molecule is CC(=O)NC1CC(c2cc(NC(=O)CO)[nH]n2)C1. The molecule has 0 radical (unpaired) electrons. The van der Waals surface area contributed by atoms with E-state index in [2.05, 4.69) is 20.8 Å². The Morgan fingerprint density at radius 2 is 2.28 bits per heavy atom. The molecule has 1 saturated carbocycles. The Hall–Kier alpha value is -1.89. The molecule has 1 aliphatic rings. The fraction of sp³-hybridized carbons (Fsp3) is 0.545. The molecule has 4 N–H and O–H groups in total. The number of aliphatic hydroxyl groups excluding tert-OH is 1. The van der Waals surface area contributed by atoms with Gasteiger partial charge < -0.3 is 15.7 Å². The Balaban J connectivity index is 1.85. The zero-order valence-electron chi connectivity index (χ0n) is 10.1. The summed E-state index contributed by atoms with van der Waals surface area (Å²) in [6.45, 7) is 0.951. The molecule has 2 rings (SSSR count). The van der Waals surface area contributed by atoms with Crippen LogP contribution in [0.15, 0.2) is 6.07 Å². The van der Waals surface area contributed by atoms with E-state index in [1.54, 1.807) is 6.07 Å². The van der Waals surface area contributed by atoms with E-state index in [0.717, 1.165) is 18.5 Å². The van der Waals surface area contributed by atoms with E-state index in [4.69, 9.17) is 5.11 Å². The summed E-state index contributed by atoms with van der Waals surface area (Å²) in [4.78, 5) is 21.8. The number of amides is 2. The summed E-state index contributed by atoms with van der Waals surface area (Å²) in [5.41, 5.74) is 0.866. The van der Waals surface area contributed by atoms with Crippen molar-refractivity contribution < 1.29 is 14.7 Å². The van der Waals surface area contributed by atoms with Crippen LogP contribution in [0.2, 0.25) is 0 Å². The van der Waals surface area contributed by atoms with Crippen LogP contribution in [0.3, 0.4) is 0 Å². The first kappa shape index (κ1) is 12.6. The van der Waals surface area contributed by atoms with E-state index in [0.29, 0.717) is 11.7 Å². The van der Waals surface area contributed by atoms with Gasteiger partial charge in [0.1, 0.15) is 12.4 Å². The van der Waals surface area contributed by atoms with Crippen molar-refractivity contribution >= 4 is 17.6 Å². The van der Waals surface area contributed by atoms with Crippen LogP contribution in [0, 0.1) is 0 Å². The molecule has 7 nitrogen and oxygen atoms in total. The third kappa shape index (κ3) is 2.86. The van der Waals surface area contributed by atoms with Crippen molar-refractivity contribution in [2.24, 2.45) is 0 Å². The number of hydrogen-bond acceptors (Lipinski definition) is 4. The van der Waals surface area contributed by atoms with E-state index in [-0.39, 0.29) is 11.9 Å². The van der Waals surface area contributed by atoms with Crippen LogP contribution in [0.4, 0.5) is 5.82 Å². The van der Waals surface area contributed by atoms with Crippen molar-refractivity contribution in [3.8, 4) is 0 Å². The van der Waals surface area contributed by atoms with E-state index in [9.17, 15) is 9.59 Å². The van der Waals surface area contributed by atoms with Crippen molar-refractivity contribution in [3.63, 3.8) is 0 Å². The number of rotatable bonds is 4. The van der Waals surface area contributed by atoms with E-state index >= 15 is 0 Å². The molecule has 18 heavy (non-hydrogen) atoms. The van der Waals surface area contributed by atoms with Crippen LogP contribution >= 0.6 is 0 Å². The Kier molecular flexibility index (Phi) is 3.61. The predicted octanol–water partition coefficient (Wildman–Crippen LogP) is -0.277. The second-order valence-electron chi connectivity index (χ2n) is 4.48. The first-order chi connectivity index (χ1) is 8.58. The molecule has 98 valence electrons. The number of carbonyl (C=O) groups excluding carboxylic acids is 2. The number of aromatic amines is 1. The highest BCUT2D eigenvalue weighted by molar-refractivity contribution is 5.90. The molecular weight excluding hydrogens is 236 g/mol. The zero-order chi connectivity index (χ0) is 13.1. The molecule has 1 aliphatic carbocycles. The van der Waals surface area contributed by atoms with Crippen molar-refractivity contribution in [1.82, 2.24) is 15.5 Å². The molecule has 0 bridgehead atoms. The van der Waals surface area contributed by atoms with Gasteiger partial charge in [-0.2, -0.15) is 5.10 Å². The zero-order valence-corrected chi connectivity index (χ0v) is 10.1. The van der Waals surface area contributed by atoms with E-state index in [1.165, 1.54) is 6.92 Å². The fourth-order valence-electron chi connectivity index (χ4n) is 2.06. The van der Waals surface area contributed by atoms with Gasteiger partial charge in [-0.05, 0) is 12.8 Å².